The van der Waals surface area contributed by atoms with Crippen LogP contribution in [0.3, 0.4) is 0 Å². The Morgan fingerprint density at radius 2 is 1.71 bits per heavy atom. The fourth-order valence-electron chi connectivity index (χ4n) is 2.61. The van der Waals surface area contributed by atoms with Crippen molar-refractivity contribution in [3.05, 3.63) is 65.7 Å². The summed E-state index contributed by atoms with van der Waals surface area (Å²) in [7, 11) is 0. The van der Waals surface area contributed by atoms with Crippen LogP contribution in [0.4, 0.5) is 5.82 Å². The lowest BCUT2D eigenvalue weighted by molar-refractivity contribution is 1.18. The molecule has 0 aliphatic rings. The molecule has 0 radical (unpaired) electrons. The molecule has 0 aliphatic heterocycles. The molecule has 3 aromatic heterocycles. The molecule has 0 saturated carbocycles. The summed E-state index contributed by atoms with van der Waals surface area (Å²) in [4.78, 5) is 17.3. The predicted octanol–water partition coefficient (Wildman–Crippen LogP) is 4.10. The van der Waals surface area contributed by atoms with Crippen LogP contribution < -0.4 is 5.73 Å². The van der Waals surface area contributed by atoms with E-state index in [9.17, 15) is 0 Å². The average molecular weight is 378 g/mol. The van der Waals surface area contributed by atoms with Gasteiger partial charge >= 0.3 is 0 Å². The molecule has 3 heterocycles. The van der Waals surface area contributed by atoms with E-state index in [0.717, 1.165) is 32.4 Å². The fourth-order valence-corrected chi connectivity index (χ4v) is 2.84. The van der Waals surface area contributed by atoms with Gasteiger partial charge in [0.1, 0.15) is 16.7 Å². The summed E-state index contributed by atoms with van der Waals surface area (Å²) in [5.41, 5.74) is 10.4. The molecule has 4 aromatic rings. The van der Waals surface area contributed by atoms with E-state index in [2.05, 4.69) is 35.9 Å². The van der Waals surface area contributed by atoms with Gasteiger partial charge in [-0.3, -0.25) is 0 Å². The number of benzene rings is 1. The molecule has 1 aromatic carbocycles. The Kier molecular flexibility index (Phi) is 3.66. The van der Waals surface area contributed by atoms with E-state index >= 15 is 0 Å². The summed E-state index contributed by atoms with van der Waals surface area (Å²) < 4.78 is 0.780. The van der Waals surface area contributed by atoms with Gasteiger partial charge in [0.25, 0.3) is 0 Å². The van der Waals surface area contributed by atoms with Crippen molar-refractivity contribution >= 4 is 32.8 Å². The second-order valence-corrected chi connectivity index (χ2v) is 6.06. The standard InChI is InChI=1S/C18H12BrN5/c19-15-7-6-12(9-21-15)14-8-13(11-4-2-1-3-5-11)16-17(20)22-10-23-18(16)24-14/h1-10H,(H2,20,22,23,24). The highest BCUT2D eigenvalue weighted by Crippen LogP contribution is 2.33. The minimum Gasteiger partial charge on any atom is -0.383 e. The largest absolute Gasteiger partial charge is 0.383 e. The van der Waals surface area contributed by atoms with Gasteiger partial charge in [-0.1, -0.05) is 30.3 Å². The van der Waals surface area contributed by atoms with Crippen molar-refractivity contribution in [3.8, 4) is 22.4 Å². The molecule has 0 bridgehead atoms. The topological polar surface area (TPSA) is 77.6 Å². The van der Waals surface area contributed by atoms with E-state index in [1.807, 2.05) is 48.5 Å². The number of hydrogen-bond donors (Lipinski definition) is 1. The van der Waals surface area contributed by atoms with Gasteiger partial charge in [-0.2, -0.15) is 0 Å². The lowest BCUT2D eigenvalue weighted by Crippen LogP contribution is -1.98. The molecule has 6 heteroatoms. The van der Waals surface area contributed by atoms with Crippen LogP contribution in [0.5, 0.6) is 0 Å². The lowest BCUT2D eigenvalue weighted by Gasteiger charge is -2.10. The van der Waals surface area contributed by atoms with Gasteiger partial charge in [0.05, 0.1) is 11.1 Å². The number of nitrogens with zero attached hydrogens (tertiary/aromatic N) is 4. The van der Waals surface area contributed by atoms with E-state index in [1.54, 1.807) is 6.20 Å². The van der Waals surface area contributed by atoms with Gasteiger partial charge in [-0.05, 0) is 45.3 Å². The molecule has 0 amide bonds. The zero-order valence-corrected chi connectivity index (χ0v) is 14.1. The number of anilines is 1. The van der Waals surface area contributed by atoms with Crippen molar-refractivity contribution in [1.29, 1.82) is 0 Å². The first kappa shape index (κ1) is 14.7. The van der Waals surface area contributed by atoms with Crippen molar-refractivity contribution in [1.82, 2.24) is 19.9 Å². The summed E-state index contributed by atoms with van der Waals surface area (Å²) in [5, 5.41) is 0.762. The van der Waals surface area contributed by atoms with Crippen LogP contribution in [0.15, 0.2) is 65.7 Å². The summed E-state index contributed by atoms with van der Waals surface area (Å²) in [5.74, 6) is 0.423. The number of hydrogen-bond acceptors (Lipinski definition) is 5. The summed E-state index contributed by atoms with van der Waals surface area (Å²) >= 11 is 3.35. The summed E-state index contributed by atoms with van der Waals surface area (Å²) in [6.45, 7) is 0. The zero-order chi connectivity index (χ0) is 16.5. The molecule has 0 fully saturated rings. The van der Waals surface area contributed by atoms with E-state index in [0.29, 0.717) is 11.5 Å². The van der Waals surface area contributed by atoms with Crippen LogP contribution in [-0.2, 0) is 0 Å². The van der Waals surface area contributed by atoms with E-state index < -0.39 is 0 Å². The molecule has 4 rings (SSSR count). The molecule has 5 nitrogen and oxygen atoms in total. The van der Waals surface area contributed by atoms with E-state index in [4.69, 9.17) is 5.73 Å². The summed E-state index contributed by atoms with van der Waals surface area (Å²) in [6.07, 6.45) is 3.21. The maximum absolute atomic E-state index is 6.09. The highest BCUT2D eigenvalue weighted by atomic mass is 79.9. The Morgan fingerprint density at radius 1 is 0.875 bits per heavy atom. The van der Waals surface area contributed by atoms with Crippen LogP contribution in [-0.4, -0.2) is 19.9 Å². The van der Waals surface area contributed by atoms with Crippen LogP contribution in [0.25, 0.3) is 33.4 Å². The molecule has 116 valence electrons. The molecule has 0 saturated heterocycles. The molecule has 2 N–H and O–H groups in total. The third kappa shape index (κ3) is 2.61. The molecule has 0 atom stereocenters. The van der Waals surface area contributed by atoms with Crippen molar-refractivity contribution in [3.63, 3.8) is 0 Å². The zero-order valence-electron chi connectivity index (χ0n) is 12.5. The van der Waals surface area contributed by atoms with Crippen LogP contribution in [0.2, 0.25) is 0 Å². The maximum Gasteiger partial charge on any atom is 0.165 e. The Hall–Kier alpha value is -2.86. The molecule has 24 heavy (non-hydrogen) atoms. The second kappa shape index (κ2) is 5.98. The van der Waals surface area contributed by atoms with Crippen LogP contribution in [0.1, 0.15) is 0 Å². The summed E-state index contributed by atoms with van der Waals surface area (Å²) in [6, 6.07) is 15.9. The number of halogens is 1. The smallest absolute Gasteiger partial charge is 0.165 e. The van der Waals surface area contributed by atoms with Gasteiger partial charge in [0.2, 0.25) is 0 Å². The number of nitrogen functional groups attached to an aromatic ring is 1. The monoisotopic (exact) mass is 377 g/mol. The third-order valence-corrected chi connectivity index (χ3v) is 4.21. The Bertz CT molecular complexity index is 1020. The predicted molar refractivity (Wildman–Crippen MR) is 98.1 cm³/mol. The van der Waals surface area contributed by atoms with Gasteiger partial charge in [0, 0.05) is 11.8 Å². The first-order valence-electron chi connectivity index (χ1n) is 7.31. The number of pyridine rings is 2. The van der Waals surface area contributed by atoms with Crippen molar-refractivity contribution < 1.29 is 0 Å². The first-order chi connectivity index (χ1) is 11.7. The second-order valence-electron chi connectivity index (χ2n) is 5.25. The van der Waals surface area contributed by atoms with E-state index in [-0.39, 0.29) is 0 Å². The lowest BCUT2D eigenvalue weighted by atomic mass is 10.0. The van der Waals surface area contributed by atoms with Gasteiger partial charge in [0.15, 0.2) is 5.65 Å². The van der Waals surface area contributed by atoms with Crippen molar-refractivity contribution in [2.24, 2.45) is 0 Å². The molecule has 0 aliphatic carbocycles. The number of fused-ring (bicyclic) bond motifs is 1. The number of rotatable bonds is 2. The van der Waals surface area contributed by atoms with Crippen LogP contribution in [0, 0.1) is 0 Å². The number of aromatic nitrogens is 4. The van der Waals surface area contributed by atoms with Crippen molar-refractivity contribution in [2.45, 2.75) is 0 Å². The third-order valence-electron chi connectivity index (χ3n) is 3.74. The highest BCUT2D eigenvalue weighted by Gasteiger charge is 2.13. The fraction of sp³-hybridized carbons (Fsp3) is 0. The Balaban J connectivity index is 2.03. The quantitative estimate of drug-likeness (QED) is 0.532. The normalized spacial score (nSPS) is 10.9. The molecule has 0 unspecified atom stereocenters. The van der Waals surface area contributed by atoms with Gasteiger partial charge < -0.3 is 5.73 Å². The maximum atomic E-state index is 6.09. The molecule has 0 spiro atoms. The minimum atomic E-state index is 0.423. The molecular weight excluding hydrogens is 366 g/mol. The average Bonchev–Trinajstić information content (AvgIpc) is 2.62. The Labute approximate surface area is 146 Å². The van der Waals surface area contributed by atoms with Crippen molar-refractivity contribution in [2.75, 3.05) is 5.73 Å². The first-order valence-corrected chi connectivity index (χ1v) is 8.10. The minimum absolute atomic E-state index is 0.423. The highest BCUT2D eigenvalue weighted by molar-refractivity contribution is 9.10. The van der Waals surface area contributed by atoms with Gasteiger partial charge in [-0.15, -0.1) is 0 Å². The van der Waals surface area contributed by atoms with Gasteiger partial charge in [-0.25, -0.2) is 19.9 Å². The SMILES string of the molecule is Nc1ncnc2nc(-c3ccc(Br)nc3)cc(-c3ccccc3)c12. The van der Waals surface area contributed by atoms with E-state index in [1.165, 1.54) is 6.33 Å². The molecular formula is C18H12BrN5. The number of nitrogens with two attached hydrogens (primary N) is 1. The van der Waals surface area contributed by atoms with Crippen LogP contribution >= 0.6 is 15.9 Å². The Morgan fingerprint density at radius 3 is 2.46 bits per heavy atom.